The van der Waals surface area contributed by atoms with Gasteiger partial charge in [0.05, 0.1) is 0 Å². The Balaban J connectivity index is 0.954. The SMILES string of the molecule is c1ccc(-c2ccc(-c3nc(-c4ccccc4)nc(-c4cccc5oc6ccc(-c7cccc8sc9c(-c%10ccc%11c(c%10)sc%10ccccc%10%11)cccc9c78)cc6c45)n3)cc2)cc1. The van der Waals surface area contributed by atoms with Gasteiger partial charge in [0.15, 0.2) is 17.5 Å². The molecule has 13 rings (SSSR count). The highest BCUT2D eigenvalue weighted by Crippen LogP contribution is 2.46. The molecule has 0 saturated carbocycles. The van der Waals surface area contributed by atoms with E-state index in [9.17, 15) is 0 Å². The molecule has 0 aliphatic carbocycles. The lowest BCUT2D eigenvalue weighted by molar-refractivity contribution is 0.669. The predicted octanol–water partition coefficient (Wildman–Crippen LogP) is 16.5. The first kappa shape index (κ1) is 35.9. The molecule has 0 radical (unpaired) electrons. The van der Waals surface area contributed by atoms with Crippen LogP contribution in [0.15, 0.2) is 205 Å². The first-order chi connectivity index (χ1) is 31.2. The van der Waals surface area contributed by atoms with E-state index in [2.05, 4.69) is 152 Å². The minimum atomic E-state index is 0.594. The molecule has 0 amide bonds. The van der Waals surface area contributed by atoms with Crippen molar-refractivity contribution in [2.45, 2.75) is 0 Å². The summed E-state index contributed by atoms with van der Waals surface area (Å²) in [5, 5.41) is 7.16. The molecule has 0 spiro atoms. The van der Waals surface area contributed by atoms with E-state index < -0.39 is 0 Å². The predicted molar refractivity (Wildman–Crippen MR) is 265 cm³/mol. The molecule has 9 aromatic carbocycles. The van der Waals surface area contributed by atoms with Gasteiger partial charge in [0.2, 0.25) is 0 Å². The largest absolute Gasteiger partial charge is 0.456 e. The molecule has 0 aliphatic heterocycles. The average Bonchev–Trinajstić information content (AvgIpc) is 4.05. The molecule has 0 unspecified atom stereocenters. The summed E-state index contributed by atoms with van der Waals surface area (Å²) in [5.74, 6) is 1.83. The fourth-order valence-electron chi connectivity index (χ4n) is 9.17. The van der Waals surface area contributed by atoms with Crippen LogP contribution in [0.5, 0.6) is 0 Å². The number of fused-ring (bicyclic) bond motifs is 9. The molecule has 4 nitrogen and oxygen atoms in total. The molecule has 13 aromatic rings. The number of thiophene rings is 2. The smallest absolute Gasteiger partial charge is 0.164 e. The Morgan fingerprint density at radius 1 is 0.302 bits per heavy atom. The fourth-order valence-corrected chi connectivity index (χ4v) is 11.6. The van der Waals surface area contributed by atoms with Crippen molar-refractivity contribution >= 4 is 85.0 Å². The first-order valence-electron chi connectivity index (χ1n) is 21.0. The summed E-state index contributed by atoms with van der Waals surface area (Å²) in [7, 11) is 0. The van der Waals surface area contributed by atoms with Crippen LogP contribution in [0.3, 0.4) is 0 Å². The van der Waals surface area contributed by atoms with Crippen LogP contribution < -0.4 is 0 Å². The van der Waals surface area contributed by atoms with Crippen LogP contribution in [-0.4, -0.2) is 15.0 Å². The summed E-state index contributed by atoms with van der Waals surface area (Å²) < 4.78 is 11.8. The van der Waals surface area contributed by atoms with E-state index in [0.717, 1.165) is 55.3 Å². The maximum Gasteiger partial charge on any atom is 0.164 e. The molecule has 294 valence electrons. The second kappa shape index (κ2) is 14.4. The summed E-state index contributed by atoms with van der Waals surface area (Å²) in [6, 6.07) is 70.8. The van der Waals surface area contributed by atoms with Crippen molar-refractivity contribution in [1.29, 1.82) is 0 Å². The van der Waals surface area contributed by atoms with Gasteiger partial charge in [-0.2, -0.15) is 0 Å². The highest BCUT2D eigenvalue weighted by molar-refractivity contribution is 7.26. The number of nitrogens with zero attached hydrogens (tertiary/aromatic N) is 3. The average molecular weight is 840 g/mol. The number of benzene rings is 9. The zero-order valence-electron chi connectivity index (χ0n) is 33.6. The van der Waals surface area contributed by atoms with E-state index in [1.165, 1.54) is 57.0 Å². The Kier molecular flexibility index (Phi) is 8.22. The molecule has 0 fully saturated rings. The van der Waals surface area contributed by atoms with Crippen molar-refractivity contribution in [2.24, 2.45) is 0 Å². The third-order valence-corrected chi connectivity index (χ3v) is 14.5. The van der Waals surface area contributed by atoms with Crippen molar-refractivity contribution in [3.05, 3.63) is 200 Å². The molecule has 0 saturated heterocycles. The lowest BCUT2D eigenvalue weighted by Gasteiger charge is -2.10. The van der Waals surface area contributed by atoms with Crippen LogP contribution in [0.1, 0.15) is 0 Å². The molecule has 0 aliphatic rings. The van der Waals surface area contributed by atoms with E-state index in [4.69, 9.17) is 19.4 Å². The van der Waals surface area contributed by atoms with Gasteiger partial charge >= 0.3 is 0 Å². The van der Waals surface area contributed by atoms with E-state index >= 15 is 0 Å². The Morgan fingerprint density at radius 3 is 1.71 bits per heavy atom. The van der Waals surface area contributed by atoms with Gasteiger partial charge in [-0.25, -0.2) is 15.0 Å². The summed E-state index contributed by atoms with van der Waals surface area (Å²) in [5.41, 5.74) is 11.5. The first-order valence-corrected chi connectivity index (χ1v) is 22.6. The zero-order chi connectivity index (χ0) is 41.4. The molecular formula is C57H33N3OS2. The molecule has 0 bridgehead atoms. The number of hydrogen-bond acceptors (Lipinski definition) is 6. The van der Waals surface area contributed by atoms with Gasteiger partial charge in [0, 0.05) is 67.8 Å². The lowest BCUT2D eigenvalue weighted by Crippen LogP contribution is -2.00. The van der Waals surface area contributed by atoms with E-state index in [-0.39, 0.29) is 0 Å². The molecule has 6 heteroatoms. The van der Waals surface area contributed by atoms with Crippen LogP contribution in [0, 0.1) is 0 Å². The third-order valence-electron chi connectivity index (χ3n) is 12.2. The number of hydrogen-bond donors (Lipinski definition) is 0. The standard InChI is InChI=1S/C57H33N3OS2/c1-3-12-34(13-4-1)35-24-26-37(27-25-35)56-58-55(36-14-5-2-6-15-36)59-57(60-56)45-20-10-21-48-52(45)46-32-38(29-31-47(46)61-48)40-17-11-23-50-53(40)44-19-9-18-41(54(44)63-50)39-28-30-43-42-16-7-8-22-49(42)62-51(43)33-39/h1-33H. The maximum atomic E-state index is 6.58. The maximum absolute atomic E-state index is 6.58. The van der Waals surface area contributed by atoms with Crippen LogP contribution in [0.2, 0.25) is 0 Å². The molecule has 4 aromatic heterocycles. The summed E-state index contributed by atoms with van der Waals surface area (Å²) in [6.07, 6.45) is 0. The Morgan fingerprint density at radius 2 is 0.873 bits per heavy atom. The highest BCUT2D eigenvalue weighted by atomic mass is 32.1. The van der Waals surface area contributed by atoms with E-state index in [1.807, 2.05) is 71.2 Å². The second-order valence-corrected chi connectivity index (χ2v) is 18.0. The van der Waals surface area contributed by atoms with Crippen molar-refractivity contribution < 1.29 is 4.42 Å². The van der Waals surface area contributed by atoms with Gasteiger partial charge in [0.1, 0.15) is 11.2 Å². The quantitative estimate of drug-likeness (QED) is 0.167. The summed E-state index contributed by atoms with van der Waals surface area (Å²) in [6.45, 7) is 0. The van der Waals surface area contributed by atoms with Gasteiger partial charge in [0.25, 0.3) is 0 Å². The zero-order valence-corrected chi connectivity index (χ0v) is 35.3. The molecule has 0 atom stereocenters. The van der Waals surface area contributed by atoms with Crippen LogP contribution in [0.4, 0.5) is 0 Å². The lowest BCUT2D eigenvalue weighted by atomic mass is 9.95. The normalized spacial score (nSPS) is 11.8. The van der Waals surface area contributed by atoms with Gasteiger partial charge < -0.3 is 4.42 Å². The van der Waals surface area contributed by atoms with Crippen LogP contribution in [-0.2, 0) is 0 Å². The van der Waals surface area contributed by atoms with Crippen molar-refractivity contribution in [2.75, 3.05) is 0 Å². The van der Waals surface area contributed by atoms with Gasteiger partial charge in [-0.05, 0) is 69.8 Å². The van der Waals surface area contributed by atoms with E-state index in [0.29, 0.717) is 17.5 Å². The van der Waals surface area contributed by atoms with Crippen LogP contribution in [0.25, 0.3) is 130 Å². The summed E-state index contributed by atoms with van der Waals surface area (Å²) in [4.78, 5) is 15.4. The third kappa shape index (κ3) is 5.98. The topological polar surface area (TPSA) is 51.8 Å². The number of furan rings is 1. The Hall–Kier alpha value is -7.77. The second-order valence-electron chi connectivity index (χ2n) is 15.9. The Labute approximate surface area is 370 Å². The number of aromatic nitrogens is 3. The minimum Gasteiger partial charge on any atom is -0.456 e. The summed E-state index contributed by atoms with van der Waals surface area (Å²) >= 11 is 3.74. The monoisotopic (exact) mass is 839 g/mol. The highest BCUT2D eigenvalue weighted by Gasteiger charge is 2.20. The molecule has 4 heterocycles. The van der Waals surface area contributed by atoms with E-state index in [1.54, 1.807) is 0 Å². The van der Waals surface area contributed by atoms with Crippen molar-refractivity contribution in [1.82, 2.24) is 15.0 Å². The fraction of sp³-hybridized carbons (Fsp3) is 0. The number of rotatable bonds is 6. The molecule has 0 N–H and O–H groups in total. The van der Waals surface area contributed by atoms with Gasteiger partial charge in [-0.1, -0.05) is 164 Å². The van der Waals surface area contributed by atoms with Crippen LogP contribution >= 0.6 is 22.7 Å². The molecular weight excluding hydrogens is 807 g/mol. The van der Waals surface area contributed by atoms with Crippen molar-refractivity contribution in [3.8, 4) is 67.5 Å². The van der Waals surface area contributed by atoms with Gasteiger partial charge in [-0.3, -0.25) is 0 Å². The Bertz CT molecular complexity index is 3900. The minimum absolute atomic E-state index is 0.594. The molecule has 63 heavy (non-hydrogen) atoms. The van der Waals surface area contributed by atoms with Gasteiger partial charge in [-0.15, -0.1) is 22.7 Å². The van der Waals surface area contributed by atoms with Crippen molar-refractivity contribution in [3.63, 3.8) is 0 Å².